The summed E-state index contributed by atoms with van der Waals surface area (Å²) < 4.78 is 0. The molecule has 1 aliphatic rings. The minimum absolute atomic E-state index is 0.299. The van der Waals surface area contributed by atoms with Gasteiger partial charge in [0.1, 0.15) is 0 Å². The molecule has 2 heterocycles. The molecule has 1 saturated heterocycles. The highest BCUT2D eigenvalue weighted by molar-refractivity contribution is 6.31. The smallest absolute Gasteiger partial charge is 0.0758 e. The summed E-state index contributed by atoms with van der Waals surface area (Å²) in [5.74, 6) is 0. The normalized spacial score (nSPS) is 20.3. The van der Waals surface area contributed by atoms with Crippen LogP contribution in [0.5, 0.6) is 0 Å². The van der Waals surface area contributed by atoms with E-state index in [0.717, 1.165) is 36.9 Å². The zero-order valence-corrected chi connectivity index (χ0v) is 12.2. The molecule has 1 atom stereocenters. The van der Waals surface area contributed by atoms with Crippen molar-refractivity contribution in [3.8, 4) is 0 Å². The first-order valence-electron chi connectivity index (χ1n) is 6.68. The third kappa shape index (κ3) is 3.02. The summed E-state index contributed by atoms with van der Waals surface area (Å²) in [4.78, 5) is 9.40. The molecular weight excluding hydrogens is 246 g/mol. The summed E-state index contributed by atoms with van der Waals surface area (Å²) in [5.41, 5.74) is 0.997. The van der Waals surface area contributed by atoms with Crippen LogP contribution in [-0.4, -0.2) is 47.0 Å². The highest BCUT2D eigenvalue weighted by Crippen LogP contribution is 2.25. The van der Waals surface area contributed by atoms with E-state index in [1.807, 2.05) is 18.3 Å². The highest BCUT2D eigenvalue weighted by atomic mass is 35.5. The lowest BCUT2D eigenvalue weighted by Crippen LogP contribution is -2.49. The van der Waals surface area contributed by atoms with Gasteiger partial charge in [-0.15, -0.1) is 0 Å². The van der Waals surface area contributed by atoms with Gasteiger partial charge in [0.25, 0.3) is 0 Å². The summed E-state index contributed by atoms with van der Waals surface area (Å²) in [6.45, 7) is 11.2. The fraction of sp³-hybridized carbons (Fsp3) is 0.643. The minimum Gasteiger partial charge on any atom is -0.298 e. The Kier molecular flexibility index (Phi) is 4.60. The highest BCUT2D eigenvalue weighted by Gasteiger charge is 2.24. The molecule has 0 aromatic carbocycles. The average molecular weight is 268 g/mol. The Balaban J connectivity index is 2.00. The van der Waals surface area contributed by atoms with E-state index in [1.165, 1.54) is 0 Å². The van der Waals surface area contributed by atoms with E-state index in [-0.39, 0.29) is 0 Å². The second-order valence-electron chi connectivity index (χ2n) is 5.21. The lowest BCUT2D eigenvalue weighted by atomic mass is 10.1. The number of aromatic nitrogens is 1. The van der Waals surface area contributed by atoms with E-state index >= 15 is 0 Å². The molecule has 0 N–H and O–H groups in total. The number of piperazine rings is 1. The molecule has 0 spiro atoms. The van der Waals surface area contributed by atoms with Gasteiger partial charge in [-0.25, -0.2) is 0 Å². The molecule has 2 rings (SSSR count). The summed E-state index contributed by atoms with van der Waals surface area (Å²) >= 11 is 6.22. The molecule has 0 aliphatic carbocycles. The Morgan fingerprint density at radius 1 is 1.11 bits per heavy atom. The zero-order chi connectivity index (χ0) is 13.1. The van der Waals surface area contributed by atoms with Gasteiger partial charge in [-0.2, -0.15) is 0 Å². The van der Waals surface area contributed by atoms with Gasteiger partial charge in [-0.05, 0) is 32.9 Å². The van der Waals surface area contributed by atoms with Crippen molar-refractivity contribution in [2.75, 3.05) is 26.2 Å². The van der Waals surface area contributed by atoms with Crippen LogP contribution in [0.2, 0.25) is 5.02 Å². The summed E-state index contributed by atoms with van der Waals surface area (Å²) in [6, 6.07) is 4.74. The second-order valence-corrected chi connectivity index (χ2v) is 5.62. The first-order chi connectivity index (χ1) is 8.59. The van der Waals surface area contributed by atoms with Crippen LogP contribution < -0.4 is 0 Å². The van der Waals surface area contributed by atoms with Crippen LogP contribution in [0.15, 0.2) is 18.3 Å². The molecule has 1 aliphatic heterocycles. The second kappa shape index (κ2) is 6.00. The van der Waals surface area contributed by atoms with Crippen LogP contribution in [0.3, 0.4) is 0 Å². The van der Waals surface area contributed by atoms with E-state index in [9.17, 15) is 0 Å². The number of halogens is 1. The predicted molar refractivity (Wildman–Crippen MR) is 75.9 cm³/mol. The van der Waals surface area contributed by atoms with Crippen LogP contribution in [0.4, 0.5) is 0 Å². The van der Waals surface area contributed by atoms with E-state index in [4.69, 9.17) is 11.6 Å². The lowest BCUT2D eigenvalue weighted by Gasteiger charge is -2.39. The predicted octanol–water partition coefficient (Wildman–Crippen LogP) is 2.82. The van der Waals surface area contributed by atoms with Gasteiger partial charge < -0.3 is 0 Å². The Hall–Kier alpha value is -0.640. The number of rotatable bonds is 3. The molecule has 1 aromatic heterocycles. The molecule has 100 valence electrons. The van der Waals surface area contributed by atoms with E-state index in [2.05, 4.69) is 35.6 Å². The fourth-order valence-electron chi connectivity index (χ4n) is 2.52. The van der Waals surface area contributed by atoms with E-state index < -0.39 is 0 Å². The maximum atomic E-state index is 6.22. The number of pyridine rings is 1. The van der Waals surface area contributed by atoms with Crippen molar-refractivity contribution in [1.82, 2.24) is 14.8 Å². The van der Waals surface area contributed by atoms with Crippen molar-refractivity contribution in [3.05, 3.63) is 29.0 Å². The van der Waals surface area contributed by atoms with Crippen LogP contribution in [0, 0.1) is 0 Å². The largest absolute Gasteiger partial charge is 0.298 e. The Morgan fingerprint density at radius 2 is 1.72 bits per heavy atom. The molecular formula is C14H22ClN3. The van der Waals surface area contributed by atoms with Gasteiger partial charge in [-0.3, -0.25) is 14.8 Å². The van der Waals surface area contributed by atoms with Gasteiger partial charge in [0.2, 0.25) is 0 Å². The number of hydrogen-bond donors (Lipinski definition) is 0. The molecule has 3 nitrogen and oxygen atoms in total. The van der Waals surface area contributed by atoms with Crippen molar-refractivity contribution >= 4 is 11.6 Å². The quantitative estimate of drug-likeness (QED) is 0.840. The lowest BCUT2D eigenvalue weighted by molar-refractivity contribution is 0.0822. The third-order valence-corrected chi connectivity index (χ3v) is 4.13. The monoisotopic (exact) mass is 267 g/mol. The molecule has 0 amide bonds. The van der Waals surface area contributed by atoms with Gasteiger partial charge >= 0.3 is 0 Å². The average Bonchev–Trinajstić information content (AvgIpc) is 2.38. The maximum Gasteiger partial charge on any atom is 0.0758 e. The Labute approximate surface area is 115 Å². The topological polar surface area (TPSA) is 19.4 Å². The van der Waals surface area contributed by atoms with Crippen molar-refractivity contribution < 1.29 is 0 Å². The molecule has 18 heavy (non-hydrogen) atoms. The van der Waals surface area contributed by atoms with Crippen LogP contribution >= 0.6 is 11.6 Å². The SMILES string of the molecule is CC(C)N1CCN(C(C)c2ncccc2Cl)CC1. The molecule has 4 heteroatoms. The van der Waals surface area contributed by atoms with Crippen LogP contribution in [0.1, 0.15) is 32.5 Å². The Bertz CT molecular complexity index is 386. The standard InChI is InChI=1S/C14H22ClN3/c1-11(2)17-7-9-18(10-8-17)12(3)14-13(15)5-4-6-16-14/h4-6,11-12H,7-10H2,1-3H3. The van der Waals surface area contributed by atoms with Gasteiger partial charge in [-0.1, -0.05) is 11.6 Å². The summed E-state index contributed by atoms with van der Waals surface area (Å²) in [5, 5.41) is 0.774. The third-order valence-electron chi connectivity index (χ3n) is 3.81. The van der Waals surface area contributed by atoms with Gasteiger partial charge in [0, 0.05) is 38.4 Å². The number of nitrogens with zero attached hydrogens (tertiary/aromatic N) is 3. The number of hydrogen-bond acceptors (Lipinski definition) is 3. The summed E-state index contributed by atoms with van der Waals surface area (Å²) in [6.07, 6.45) is 1.82. The minimum atomic E-state index is 0.299. The Morgan fingerprint density at radius 3 is 2.28 bits per heavy atom. The van der Waals surface area contributed by atoms with E-state index in [0.29, 0.717) is 12.1 Å². The van der Waals surface area contributed by atoms with Gasteiger partial charge in [0.15, 0.2) is 0 Å². The van der Waals surface area contributed by atoms with Crippen molar-refractivity contribution in [3.63, 3.8) is 0 Å². The van der Waals surface area contributed by atoms with Crippen molar-refractivity contribution in [2.45, 2.75) is 32.9 Å². The molecule has 0 radical (unpaired) electrons. The molecule has 1 fully saturated rings. The van der Waals surface area contributed by atoms with Crippen LogP contribution in [-0.2, 0) is 0 Å². The van der Waals surface area contributed by atoms with E-state index in [1.54, 1.807) is 0 Å². The van der Waals surface area contributed by atoms with Gasteiger partial charge in [0.05, 0.1) is 16.8 Å². The maximum absolute atomic E-state index is 6.22. The first kappa shape index (κ1) is 13.8. The fourth-order valence-corrected chi connectivity index (χ4v) is 2.80. The van der Waals surface area contributed by atoms with Crippen molar-refractivity contribution in [2.24, 2.45) is 0 Å². The molecule has 1 aromatic rings. The van der Waals surface area contributed by atoms with Crippen LogP contribution in [0.25, 0.3) is 0 Å². The first-order valence-corrected chi connectivity index (χ1v) is 7.06. The summed E-state index contributed by atoms with van der Waals surface area (Å²) in [7, 11) is 0. The molecule has 0 saturated carbocycles. The van der Waals surface area contributed by atoms with Crippen molar-refractivity contribution in [1.29, 1.82) is 0 Å². The molecule has 1 unspecified atom stereocenters. The zero-order valence-electron chi connectivity index (χ0n) is 11.4. The molecule has 0 bridgehead atoms.